The highest BCUT2D eigenvalue weighted by atomic mass is 16.2. The fraction of sp³-hybridized carbons (Fsp3) is 0.333. The Labute approximate surface area is 155 Å². The molecule has 0 aliphatic rings. The van der Waals surface area contributed by atoms with Gasteiger partial charge in [0, 0.05) is 17.3 Å². The Morgan fingerprint density at radius 2 is 1.58 bits per heavy atom. The number of nitrogens with one attached hydrogen (secondary N) is 3. The van der Waals surface area contributed by atoms with Crippen LogP contribution in [0.2, 0.25) is 0 Å². The van der Waals surface area contributed by atoms with Gasteiger partial charge < -0.3 is 16.0 Å². The van der Waals surface area contributed by atoms with Crippen LogP contribution < -0.4 is 16.0 Å². The van der Waals surface area contributed by atoms with Crippen molar-refractivity contribution in [1.82, 2.24) is 10.6 Å². The van der Waals surface area contributed by atoms with Crippen LogP contribution in [0.5, 0.6) is 0 Å². The second-order valence-corrected chi connectivity index (χ2v) is 6.41. The first-order chi connectivity index (χ1) is 12.5. The molecule has 0 fully saturated rings. The molecule has 2 rings (SSSR count). The molecule has 0 radical (unpaired) electrons. The van der Waals surface area contributed by atoms with Gasteiger partial charge in [-0.1, -0.05) is 37.3 Å². The van der Waals surface area contributed by atoms with Crippen LogP contribution in [0.25, 0.3) is 0 Å². The van der Waals surface area contributed by atoms with Crippen LogP contribution >= 0.6 is 0 Å². The quantitative estimate of drug-likeness (QED) is 0.680. The molecule has 0 heterocycles. The smallest absolute Gasteiger partial charge is 0.251 e. The molecule has 0 saturated carbocycles. The van der Waals surface area contributed by atoms with Gasteiger partial charge in [0.25, 0.3) is 5.91 Å². The summed E-state index contributed by atoms with van der Waals surface area (Å²) in [5.41, 5.74) is 2.45. The molecule has 0 bridgehead atoms. The lowest BCUT2D eigenvalue weighted by atomic mass is 10.1. The van der Waals surface area contributed by atoms with Crippen molar-refractivity contribution >= 4 is 17.5 Å². The van der Waals surface area contributed by atoms with Crippen molar-refractivity contribution in [3.63, 3.8) is 0 Å². The van der Waals surface area contributed by atoms with E-state index in [-0.39, 0.29) is 30.4 Å². The Hall–Kier alpha value is -2.82. The van der Waals surface area contributed by atoms with Gasteiger partial charge in [-0.2, -0.15) is 0 Å². The van der Waals surface area contributed by atoms with Crippen LogP contribution in [0.1, 0.15) is 49.2 Å². The summed E-state index contributed by atoms with van der Waals surface area (Å²) < 4.78 is 0. The number of rotatable bonds is 8. The maximum absolute atomic E-state index is 12.4. The van der Waals surface area contributed by atoms with Crippen molar-refractivity contribution in [3.05, 3.63) is 65.7 Å². The number of benzene rings is 2. The van der Waals surface area contributed by atoms with Gasteiger partial charge in [-0.15, -0.1) is 0 Å². The number of carbonyl (C=O) groups excluding carboxylic acids is 2. The Morgan fingerprint density at radius 3 is 2.19 bits per heavy atom. The topological polar surface area (TPSA) is 70.2 Å². The monoisotopic (exact) mass is 353 g/mol. The van der Waals surface area contributed by atoms with Crippen molar-refractivity contribution in [2.45, 2.75) is 39.3 Å². The number of carbonyl (C=O) groups is 2. The lowest BCUT2D eigenvalue weighted by Gasteiger charge is -2.15. The van der Waals surface area contributed by atoms with Crippen LogP contribution in [0.15, 0.2) is 54.6 Å². The standard InChI is InChI=1S/C21H27N3O2/c1-4-15(2)23-20(25)14-22-19-12-10-18(11-13-19)21(26)24-16(3)17-8-6-5-7-9-17/h5-13,15-16,22H,4,14H2,1-3H3,(H,23,25)(H,24,26). The first-order valence-electron chi connectivity index (χ1n) is 8.98. The van der Waals surface area contributed by atoms with Gasteiger partial charge >= 0.3 is 0 Å². The molecular weight excluding hydrogens is 326 g/mol. The molecule has 0 aliphatic carbocycles. The second kappa shape index (κ2) is 9.61. The number of hydrogen-bond donors (Lipinski definition) is 3. The number of amides is 2. The average Bonchev–Trinajstić information content (AvgIpc) is 2.67. The zero-order valence-corrected chi connectivity index (χ0v) is 15.6. The molecule has 3 N–H and O–H groups in total. The van der Waals surface area contributed by atoms with Gasteiger partial charge in [-0.05, 0) is 50.1 Å². The normalized spacial score (nSPS) is 12.7. The molecule has 2 atom stereocenters. The van der Waals surface area contributed by atoms with Gasteiger partial charge in [0.05, 0.1) is 12.6 Å². The van der Waals surface area contributed by atoms with E-state index >= 15 is 0 Å². The van der Waals surface area contributed by atoms with Gasteiger partial charge in [0.1, 0.15) is 0 Å². The molecule has 0 saturated heterocycles. The molecule has 138 valence electrons. The van der Waals surface area contributed by atoms with Gasteiger partial charge in [0.2, 0.25) is 5.91 Å². The summed E-state index contributed by atoms with van der Waals surface area (Å²) in [5.74, 6) is -0.166. The molecule has 2 aromatic carbocycles. The summed E-state index contributed by atoms with van der Waals surface area (Å²) >= 11 is 0. The molecule has 2 unspecified atom stereocenters. The van der Waals surface area contributed by atoms with E-state index in [9.17, 15) is 9.59 Å². The Bertz CT molecular complexity index is 714. The molecule has 0 aliphatic heterocycles. The average molecular weight is 353 g/mol. The molecule has 0 aromatic heterocycles. The highest BCUT2D eigenvalue weighted by molar-refractivity contribution is 5.94. The maximum atomic E-state index is 12.4. The van der Waals surface area contributed by atoms with E-state index < -0.39 is 0 Å². The van der Waals surface area contributed by atoms with E-state index in [0.29, 0.717) is 5.56 Å². The van der Waals surface area contributed by atoms with Crippen molar-refractivity contribution in [2.24, 2.45) is 0 Å². The second-order valence-electron chi connectivity index (χ2n) is 6.41. The van der Waals surface area contributed by atoms with Crippen LogP contribution in [-0.4, -0.2) is 24.4 Å². The minimum Gasteiger partial charge on any atom is -0.376 e. The summed E-state index contributed by atoms with van der Waals surface area (Å²) in [6.07, 6.45) is 0.900. The van der Waals surface area contributed by atoms with Crippen molar-refractivity contribution in [1.29, 1.82) is 0 Å². The molecule has 2 aromatic rings. The maximum Gasteiger partial charge on any atom is 0.251 e. The Morgan fingerprint density at radius 1 is 0.923 bits per heavy atom. The fourth-order valence-electron chi connectivity index (χ4n) is 2.45. The van der Waals surface area contributed by atoms with E-state index in [1.54, 1.807) is 24.3 Å². The van der Waals surface area contributed by atoms with Crippen LogP contribution in [0.4, 0.5) is 5.69 Å². The SMILES string of the molecule is CCC(C)NC(=O)CNc1ccc(C(=O)NC(C)c2ccccc2)cc1. The third kappa shape index (κ3) is 5.92. The fourth-order valence-corrected chi connectivity index (χ4v) is 2.45. The Kier molecular flexibility index (Phi) is 7.21. The van der Waals surface area contributed by atoms with Crippen LogP contribution in [0.3, 0.4) is 0 Å². The largest absolute Gasteiger partial charge is 0.376 e. The highest BCUT2D eigenvalue weighted by Crippen LogP contribution is 2.14. The van der Waals surface area contributed by atoms with Gasteiger partial charge in [-0.3, -0.25) is 9.59 Å². The zero-order chi connectivity index (χ0) is 18.9. The van der Waals surface area contributed by atoms with Crippen LogP contribution in [-0.2, 0) is 4.79 Å². The summed E-state index contributed by atoms with van der Waals surface area (Å²) in [4.78, 5) is 24.1. The van der Waals surface area contributed by atoms with E-state index in [2.05, 4.69) is 16.0 Å². The summed E-state index contributed by atoms with van der Waals surface area (Å²) in [6, 6.07) is 17.1. The van der Waals surface area contributed by atoms with Gasteiger partial charge in [-0.25, -0.2) is 0 Å². The number of anilines is 1. The summed E-state index contributed by atoms with van der Waals surface area (Å²) in [7, 11) is 0. The molecule has 5 heteroatoms. The molecular formula is C21H27N3O2. The lowest BCUT2D eigenvalue weighted by Crippen LogP contribution is -2.36. The lowest BCUT2D eigenvalue weighted by molar-refractivity contribution is -0.120. The van der Waals surface area contributed by atoms with E-state index in [0.717, 1.165) is 17.7 Å². The summed E-state index contributed by atoms with van der Waals surface area (Å²) in [5, 5.41) is 8.95. The van der Waals surface area contributed by atoms with Crippen molar-refractivity contribution in [3.8, 4) is 0 Å². The molecule has 0 spiro atoms. The first-order valence-corrected chi connectivity index (χ1v) is 8.98. The van der Waals surface area contributed by atoms with E-state index in [1.165, 1.54) is 0 Å². The minimum absolute atomic E-state index is 0.0437. The number of hydrogen-bond acceptors (Lipinski definition) is 3. The zero-order valence-electron chi connectivity index (χ0n) is 15.6. The molecule has 26 heavy (non-hydrogen) atoms. The van der Waals surface area contributed by atoms with E-state index in [4.69, 9.17) is 0 Å². The summed E-state index contributed by atoms with van der Waals surface area (Å²) in [6.45, 7) is 6.17. The predicted octanol–water partition coefficient (Wildman–Crippen LogP) is 3.50. The van der Waals surface area contributed by atoms with Crippen molar-refractivity contribution < 1.29 is 9.59 Å². The third-order valence-electron chi connectivity index (χ3n) is 4.27. The predicted molar refractivity (Wildman–Crippen MR) is 105 cm³/mol. The van der Waals surface area contributed by atoms with Crippen LogP contribution in [0, 0.1) is 0 Å². The molecule has 5 nitrogen and oxygen atoms in total. The Balaban J connectivity index is 1.86. The van der Waals surface area contributed by atoms with E-state index in [1.807, 2.05) is 51.1 Å². The first kappa shape index (κ1) is 19.5. The highest BCUT2D eigenvalue weighted by Gasteiger charge is 2.11. The minimum atomic E-state index is -0.123. The van der Waals surface area contributed by atoms with Gasteiger partial charge in [0.15, 0.2) is 0 Å². The molecule has 2 amide bonds. The van der Waals surface area contributed by atoms with Crippen molar-refractivity contribution in [2.75, 3.05) is 11.9 Å². The third-order valence-corrected chi connectivity index (χ3v) is 4.27.